The third-order valence-corrected chi connectivity index (χ3v) is 5.95. The van der Waals surface area contributed by atoms with Crippen LogP contribution in [0.2, 0.25) is 0 Å². The number of rotatable bonds is 4. The van der Waals surface area contributed by atoms with E-state index in [9.17, 15) is 13.9 Å². The molecule has 0 unspecified atom stereocenters. The van der Waals surface area contributed by atoms with Crippen molar-refractivity contribution in [1.82, 2.24) is 0 Å². The number of phenols is 1. The number of aromatic hydroxyl groups is 1. The molecule has 0 heterocycles. The summed E-state index contributed by atoms with van der Waals surface area (Å²) < 4.78 is 74.1. The summed E-state index contributed by atoms with van der Waals surface area (Å²) in [7, 11) is 0. The van der Waals surface area contributed by atoms with E-state index in [4.69, 9.17) is 0 Å². The van der Waals surface area contributed by atoms with Gasteiger partial charge in [-0.15, -0.1) is 0 Å². The summed E-state index contributed by atoms with van der Waals surface area (Å²) in [6.45, 7) is 0. The molecule has 6 heteroatoms. The number of halogens is 5. The first-order chi connectivity index (χ1) is 17.4. The first kappa shape index (κ1) is 23.3. The zero-order valence-electron chi connectivity index (χ0n) is 18.6. The first-order valence-electron chi connectivity index (χ1n) is 11.0. The Labute approximate surface area is 203 Å². The Kier molecular flexibility index (Phi) is 6.02. The SMILES string of the molecule is Oc1c(-c2ccc(F)cc2)c(F)c(-c2ccc(F)cc2F)c(-c2ccccc2)c1-c1ccccc1F. The van der Waals surface area contributed by atoms with E-state index in [1.165, 1.54) is 30.3 Å². The van der Waals surface area contributed by atoms with Crippen LogP contribution in [0.15, 0.2) is 97.1 Å². The summed E-state index contributed by atoms with van der Waals surface area (Å²) in [6.07, 6.45) is 0. The monoisotopic (exact) mass is 488 g/mol. The Bertz CT molecular complexity index is 1580. The molecule has 0 atom stereocenters. The molecule has 0 spiro atoms. The Morgan fingerprint density at radius 2 is 1.03 bits per heavy atom. The van der Waals surface area contributed by atoms with Crippen LogP contribution in [0, 0.1) is 29.1 Å². The van der Waals surface area contributed by atoms with Gasteiger partial charge >= 0.3 is 0 Å². The summed E-state index contributed by atoms with van der Waals surface area (Å²) in [5, 5.41) is 11.4. The van der Waals surface area contributed by atoms with Gasteiger partial charge in [-0.3, -0.25) is 0 Å². The van der Waals surface area contributed by atoms with Gasteiger partial charge < -0.3 is 5.11 Å². The molecule has 0 aliphatic heterocycles. The molecule has 1 N–H and O–H groups in total. The van der Waals surface area contributed by atoms with Crippen LogP contribution in [-0.4, -0.2) is 5.11 Å². The van der Waals surface area contributed by atoms with Gasteiger partial charge in [0.15, 0.2) is 0 Å². The lowest BCUT2D eigenvalue weighted by Crippen LogP contribution is -2.01. The predicted octanol–water partition coefficient (Wildman–Crippen LogP) is 8.76. The highest BCUT2D eigenvalue weighted by atomic mass is 19.1. The van der Waals surface area contributed by atoms with Crippen LogP contribution < -0.4 is 0 Å². The van der Waals surface area contributed by atoms with Crippen LogP contribution in [-0.2, 0) is 0 Å². The molecule has 1 nitrogen and oxygen atoms in total. The van der Waals surface area contributed by atoms with Crippen molar-refractivity contribution in [3.63, 3.8) is 0 Å². The number of phenolic OH excluding ortho intramolecular Hbond substituents is 1. The fraction of sp³-hybridized carbons (Fsp3) is 0. The molecule has 0 saturated heterocycles. The molecule has 0 fully saturated rings. The van der Waals surface area contributed by atoms with E-state index < -0.39 is 34.8 Å². The summed E-state index contributed by atoms with van der Waals surface area (Å²) in [5.74, 6) is -4.81. The average Bonchev–Trinajstić information content (AvgIpc) is 2.87. The van der Waals surface area contributed by atoms with Crippen LogP contribution >= 0.6 is 0 Å². The van der Waals surface area contributed by atoms with E-state index >= 15 is 13.2 Å². The second-order valence-electron chi connectivity index (χ2n) is 8.14. The number of benzene rings is 5. The van der Waals surface area contributed by atoms with Gasteiger partial charge in [0, 0.05) is 33.9 Å². The summed E-state index contributed by atoms with van der Waals surface area (Å²) in [5.41, 5.74) is -0.608. The zero-order valence-corrected chi connectivity index (χ0v) is 18.6. The summed E-state index contributed by atoms with van der Waals surface area (Å²) >= 11 is 0. The maximum absolute atomic E-state index is 16.4. The molecule has 0 aliphatic rings. The van der Waals surface area contributed by atoms with E-state index in [0.29, 0.717) is 11.6 Å². The Hall–Kier alpha value is -4.45. The van der Waals surface area contributed by atoms with Gasteiger partial charge in [0.1, 0.15) is 34.8 Å². The minimum atomic E-state index is -1.04. The van der Waals surface area contributed by atoms with Crippen LogP contribution in [0.3, 0.4) is 0 Å². The lowest BCUT2D eigenvalue weighted by Gasteiger charge is -2.22. The molecule has 5 aromatic rings. The third-order valence-electron chi connectivity index (χ3n) is 5.95. The molecule has 0 radical (unpaired) electrons. The van der Waals surface area contributed by atoms with E-state index in [1.807, 2.05) is 0 Å². The van der Waals surface area contributed by atoms with Crippen LogP contribution in [0.4, 0.5) is 22.0 Å². The Morgan fingerprint density at radius 1 is 0.444 bits per heavy atom. The van der Waals surface area contributed by atoms with E-state index in [-0.39, 0.29) is 38.9 Å². The van der Waals surface area contributed by atoms with E-state index in [0.717, 1.165) is 24.3 Å². The Balaban J connectivity index is 2.02. The fourth-order valence-corrected chi connectivity index (χ4v) is 4.35. The highest BCUT2D eigenvalue weighted by Crippen LogP contribution is 2.52. The van der Waals surface area contributed by atoms with Gasteiger partial charge in [-0.25, -0.2) is 22.0 Å². The maximum atomic E-state index is 16.4. The number of hydrogen-bond donors (Lipinski definition) is 1. The van der Waals surface area contributed by atoms with Crippen molar-refractivity contribution in [2.45, 2.75) is 0 Å². The molecule has 0 amide bonds. The second kappa shape index (κ2) is 9.30. The maximum Gasteiger partial charge on any atom is 0.143 e. The van der Waals surface area contributed by atoms with Gasteiger partial charge in [0.05, 0.1) is 5.56 Å². The van der Waals surface area contributed by atoms with Gasteiger partial charge in [-0.05, 0) is 41.5 Å². The predicted molar refractivity (Wildman–Crippen MR) is 130 cm³/mol. The topological polar surface area (TPSA) is 20.2 Å². The first-order valence-corrected chi connectivity index (χ1v) is 11.0. The van der Waals surface area contributed by atoms with Crippen LogP contribution in [0.5, 0.6) is 5.75 Å². The normalized spacial score (nSPS) is 11.0. The van der Waals surface area contributed by atoms with E-state index in [2.05, 4.69) is 0 Å². The highest BCUT2D eigenvalue weighted by molar-refractivity contribution is 6.02. The minimum Gasteiger partial charge on any atom is -0.507 e. The standard InChI is InChI=1S/C30H17F5O/c31-19-12-10-18(11-13-19)26-29(35)27(22-15-14-20(32)16-24(22)34)25(17-6-2-1-3-7-17)28(30(26)36)21-8-4-5-9-23(21)33/h1-16,36H. The average molecular weight is 488 g/mol. The molecule has 0 aliphatic carbocycles. The Morgan fingerprint density at radius 3 is 1.69 bits per heavy atom. The van der Waals surface area contributed by atoms with Crippen molar-refractivity contribution in [3.05, 3.63) is 126 Å². The quantitative estimate of drug-likeness (QED) is 0.251. The lowest BCUT2D eigenvalue weighted by molar-refractivity contribution is 0.474. The van der Waals surface area contributed by atoms with Crippen molar-refractivity contribution in [2.75, 3.05) is 0 Å². The van der Waals surface area contributed by atoms with Crippen LogP contribution in [0.25, 0.3) is 44.5 Å². The minimum absolute atomic E-state index is 0.0204. The van der Waals surface area contributed by atoms with Gasteiger partial charge in [-0.2, -0.15) is 0 Å². The molecule has 36 heavy (non-hydrogen) atoms. The molecular formula is C30H17F5O. The van der Waals surface area contributed by atoms with Gasteiger partial charge in [0.25, 0.3) is 0 Å². The molecule has 5 rings (SSSR count). The summed E-state index contributed by atoms with van der Waals surface area (Å²) in [6, 6.07) is 21.2. The van der Waals surface area contributed by atoms with Crippen molar-refractivity contribution < 1.29 is 27.1 Å². The molecule has 0 aromatic heterocycles. The van der Waals surface area contributed by atoms with Gasteiger partial charge in [0.2, 0.25) is 0 Å². The number of hydrogen-bond acceptors (Lipinski definition) is 1. The van der Waals surface area contributed by atoms with Crippen molar-refractivity contribution >= 4 is 0 Å². The van der Waals surface area contributed by atoms with Gasteiger partial charge in [-0.1, -0.05) is 60.7 Å². The van der Waals surface area contributed by atoms with Crippen molar-refractivity contribution in [3.8, 4) is 50.3 Å². The summed E-state index contributed by atoms with van der Waals surface area (Å²) in [4.78, 5) is 0. The molecular weight excluding hydrogens is 471 g/mol. The van der Waals surface area contributed by atoms with Crippen molar-refractivity contribution in [2.24, 2.45) is 0 Å². The lowest BCUT2D eigenvalue weighted by atomic mass is 9.83. The fourth-order valence-electron chi connectivity index (χ4n) is 4.35. The van der Waals surface area contributed by atoms with Crippen LogP contribution in [0.1, 0.15) is 0 Å². The zero-order chi connectivity index (χ0) is 25.4. The van der Waals surface area contributed by atoms with E-state index in [1.54, 1.807) is 36.4 Å². The third kappa shape index (κ3) is 4.01. The highest BCUT2D eigenvalue weighted by Gasteiger charge is 2.30. The molecule has 5 aromatic carbocycles. The molecule has 178 valence electrons. The van der Waals surface area contributed by atoms with Crippen molar-refractivity contribution in [1.29, 1.82) is 0 Å². The largest absolute Gasteiger partial charge is 0.507 e. The second-order valence-corrected chi connectivity index (χ2v) is 8.14. The smallest absolute Gasteiger partial charge is 0.143 e. The molecule has 0 bridgehead atoms. The molecule has 0 saturated carbocycles.